The molecule has 7 heteroatoms. The average molecular weight is 308 g/mol. The fraction of sp³-hybridized carbons (Fsp3) is 0.429. The minimum Gasteiger partial charge on any atom is -0.464 e. The summed E-state index contributed by atoms with van der Waals surface area (Å²) in [5.41, 5.74) is 6.75. The van der Waals surface area contributed by atoms with Crippen molar-refractivity contribution in [3.63, 3.8) is 0 Å². The van der Waals surface area contributed by atoms with Crippen LogP contribution in [-0.2, 0) is 9.53 Å². The molecule has 1 saturated carbocycles. The molecule has 2 rings (SSSR count). The largest absolute Gasteiger partial charge is 0.464 e. The number of esters is 1. The fourth-order valence-corrected chi connectivity index (χ4v) is 2.55. The number of carbonyl (C=O) groups excluding carboxylic acids is 2. The molecule has 1 heterocycles. The number of nitrogen functional groups attached to an aromatic ring is 1. The van der Waals surface area contributed by atoms with Gasteiger partial charge in [-0.15, -0.1) is 11.8 Å². The number of carbonyl (C=O) groups is 2. The van der Waals surface area contributed by atoms with Crippen molar-refractivity contribution in [1.82, 2.24) is 4.98 Å². The smallest absolute Gasteiger partial charge is 0.357 e. The van der Waals surface area contributed by atoms with Gasteiger partial charge in [0.25, 0.3) is 5.84 Å². The third-order valence-electron chi connectivity index (χ3n) is 3.05. The zero-order chi connectivity index (χ0) is 15.4. The third-order valence-corrected chi connectivity index (χ3v) is 3.96. The molecule has 1 aromatic heterocycles. The number of methoxy groups -OCH3 is 1. The first-order chi connectivity index (χ1) is 10.1. The first-order valence-corrected chi connectivity index (χ1v) is 7.70. The first kappa shape index (κ1) is 15.5. The first-order valence-electron chi connectivity index (χ1n) is 6.71. The molecule has 21 heavy (non-hydrogen) atoms. The van der Waals surface area contributed by atoms with E-state index in [-0.39, 0.29) is 23.4 Å². The molecule has 6 nitrogen and oxygen atoms in total. The second-order valence-corrected chi connectivity index (χ2v) is 5.98. The summed E-state index contributed by atoms with van der Waals surface area (Å²) in [6.45, 7) is 1.97. The summed E-state index contributed by atoms with van der Waals surface area (Å²) >= 11 is 1.47. The zero-order valence-corrected chi connectivity index (χ0v) is 12.8. The topological polar surface area (TPSA) is 96.3 Å². The number of amidine groups is 1. The van der Waals surface area contributed by atoms with E-state index in [4.69, 9.17) is 10.5 Å². The van der Waals surface area contributed by atoms with Crippen LogP contribution in [0.1, 0.15) is 35.8 Å². The summed E-state index contributed by atoms with van der Waals surface area (Å²) in [4.78, 5) is 30.8. The molecule has 0 radical (unpaired) electrons. The van der Waals surface area contributed by atoms with E-state index in [0.29, 0.717) is 10.5 Å². The Bertz CT molecular complexity index is 597. The van der Waals surface area contributed by atoms with Crippen LogP contribution in [0.3, 0.4) is 0 Å². The lowest BCUT2D eigenvalue weighted by Crippen LogP contribution is -2.80. The molecular formula is C14H18N3O3S+. The molecule has 0 unspecified atom stereocenters. The molecule has 0 saturated heterocycles. The van der Waals surface area contributed by atoms with Gasteiger partial charge in [0.15, 0.2) is 5.69 Å². The molecule has 0 bridgehead atoms. The monoisotopic (exact) mass is 308 g/mol. The Hall–Kier alpha value is -1.89. The van der Waals surface area contributed by atoms with E-state index >= 15 is 0 Å². The van der Waals surface area contributed by atoms with Gasteiger partial charge in [-0.1, -0.05) is 6.92 Å². The molecule has 0 atom stereocenters. The van der Waals surface area contributed by atoms with Gasteiger partial charge >= 0.3 is 11.9 Å². The van der Waals surface area contributed by atoms with Crippen molar-refractivity contribution in [2.24, 2.45) is 11.7 Å². The van der Waals surface area contributed by atoms with E-state index in [1.165, 1.54) is 25.1 Å². The van der Waals surface area contributed by atoms with Crippen molar-refractivity contribution in [3.05, 3.63) is 23.5 Å². The molecule has 1 aromatic rings. The summed E-state index contributed by atoms with van der Waals surface area (Å²) in [5.74, 6) is 0.570. The molecule has 0 aliphatic heterocycles. The van der Waals surface area contributed by atoms with Crippen molar-refractivity contribution in [1.29, 1.82) is 0 Å². The van der Waals surface area contributed by atoms with E-state index in [2.05, 4.69) is 9.98 Å². The van der Waals surface area contributed by atoms with E-state index in [1.807, 2.05) is 6.92 Å². The van der Waals surface area contributed by atoms with Crippen LogP contribution in [0.15, 0.2) is 17.2 Å². The van der Waals surface area contributed by atoms with Gasteiger partial charge in [-0.3, -0.25) is 5.73 Å². The number of hydrogen-bond acceptors (Lipinski definition) is 5. The van der Waals surface area contributed by atoms with Crippen LogP contribution < -0.4 is 10.7 Å². The van der Waals surface area contributed by atoms with Gasteiger partial charge in [-0.25, -0.2) is 19.6 Å². The number of nitrogens with one attached hydrogen (secondary N) is 1. The summed E-state index contributed by atoms with van der Waals surface area (Å²) in [7, 11) is 1.31. The molecule has 3 N–H and O–H groups in total. The highest BCUT2D eigenvalue weighted by Crippen LogP contribution is 2.27. The number of rotatable bonds is 5. The molecule has 1 amide bonds. The minimum atomic E-state index is -0.488. The maximum Gasteiger partial charge on any atom is 0.357 e. The highest BCUT2D eigenvalue weighted by atomic mass is 32.2. The van der Waals surface area contributed by atoms with Crippen LogP contribution in [0, 0.1) is 5.92 Å². The summed E-state index contributed by atoms with van der Waals surface area (Å²) < 4.78 is 4.71. The standard InChI is InChI=1S/C14H17N3O3S/c1-3-21-10-6-9(7-16-11(10)14(19)20-2)12(15)17-13(18)8-4-5-8/h6-8H,3-5H2,1-2H3,(H2,15,17,18)/p+1. The molecule has 0 spiro atoms. The second kappa shape index (κ2) is 6.71. The number of ether oxygens (including phenoxy) is 1. The lowest BCUT2D eigenvalue weighted by Gasteiger charge is -2.06. The SMILES string of the molecule is CCSc1cc(C(N)=[NH+]C(=O)C2CC2)cnc1C(=O)OC. The van der Waals surface area contributed by atoms with E-state index in [0.717, 1.165) is 18.6 Å². The lowest BCUT2D eigenvalue weighted by atomic mass is 10.2. The number of pyridine rings is 1. The number of nitrogens with two attached hydrogens (primary N) is 1. The molecule has 1 aliphatic rings. The lowest BCUT2D eigenvalue weighted by molar-refractivity contribution is -0.380. The third kappa shape index (κ3) is 3.81. The van der Waals surface area contributed by atoms with Crippen LogP contribution in [0.2, 0.25) is 0 Å². The van der Waals surface area contributed by atoms with Gasteiger partial charge in [0.1, 0.15) is 0 Å². The van der Waals surface area contributed by atoms with Crippen LogP contribution in [0.5, 0.6) is 0 Å². The van der Waals surface area contributed by atoms with E-state index in [9.17, 15) is 9.59 Å². The predicted octanol–water partition coefficient (Wildman–Crippen LogP) is -0.297. The van der Waals surface area contributed by atoms with Crippen molar-refractivity contribution in [2.75, 3.05) is 12.9 Å². The Labute approximate surface area is 127 Å². The Balaban J connectivity index is 2.29. The summed E-state index contributed by atoms with van der Waals surface area (Å²) in [6, 6.07) is 1.75. The number of aromatic nitrogens is 1. The van der Waals surface area contributed by atoms with Crippen LogP contribution >= 0.6 is 11.8 Å². The molecule has 1 aliphatic carbocycles. The van der Waals surface area contributed by atoms with Gasteiger partial charge in [0.05, 0.1) is 18.6 Å². The van der Waals surface area contributed by atoms with Gasteiger partial charge in [-0.2, -0.15) is 0 Å². The van der Waals surface area contributed by atoms with Gasteiger partial charge in [-0.05, 0) is 24.7 Å². The second-order valence-electron chi connectivity index (χ2n) is 4.67. The maximum absolute atomic E-state index is 11.7. The Morgan fingerprint density at radius 3 is 2.81 bits per heavy atom. The summed E-state index contributed by atoms with van der Waals surface area (Å²) in [5, 5.41) is 0. The molecule has 1 fully saturated rings. The highest BCUT2D eigenvalue weighted by molar-refractivity contribution is 7.99. The fourth-order valence-electron chi connectivity index (χ4n) is 1.76. The normalized spacial score (nSPS) is 14.9. The van der Waals surface area contributed by atoms with Crippen LogP contribution in [-0.4, -0.2) is 35.6 Å². The molecule has 0 aromatic carbocycles. The average Bonchev–Trinajstić information content (AvgIpc) is 3.31. The number of thioether (sulfide) groups is 1. The summed E-state index contributed by atoms with van der Waals surface area (Å²) in [6.07, 6.45) is 3.29. The Kier molecular flexibility index (Phi) is 4.95. The Morgan fingerprint density at radius 2 is 2.24 bits per heavy atom. The predicted molar refractivity (Wildman–Crippen MR) is 79.0 cm³/mol. The van der Waals surface area contributed by atoms with Crippen LogP contribution in [0.25, 0.3) is 0 Å². The number of nitrogens with zero attached hydrogens (tertiary/aromatic N) is 1. The maximum atomic E-state index is 11.7. The van der Waals surface area contributed by atoms with Crippen LogP contribution in [0.4, 0.5) is 0 Å². The molecule has 112 valence electrons. The van der Waals surface area contributed by atoms with Gasteiger partial charge < -0.3 is 4.74 Å². The quantitative estimate of drug-likeness (QED) is 0.336. The minimum absolute atomic E-state index is 0.0609. The van der Waals surface area contributed by atoms with Crippen molar-refractivity contribution in [2.45, 2.75) is 24.7 Å². The Morgan fingerprint density at radius 1 is 1.52 bits per heavy atom. The zero-order valence-electron chi connectivity index (χ0n) is 12.0. The number of amides is 1. The van der Waals surface area contributed by atoms with Crippen molar-refractivity contribution < 1.29 is 19.3 Å². The molecular weight excluding hydrogens is 290 g/mol. The van der Waals surface area contributed by atoms with Crippen molar-refractivity contribution >= 4 is 29.5 Å². The van der Waals surface area contributed by atoms with Gasteiger partial charge in [0.2, 0.25) is 0 Å². The van der Waals surface area contributed by atoms with E-state index in [1.54, 1.807) is 6.07 Å². The number of hydrogen-bond donors (Lipinski definition) is 2. The van der Waals surface area contributed by atoms with Crippen molar-refractivity contribution in [3.8, 4) is 0 Å². The van der Waals surface area contributed by atoms with Gasteiger partial charge in [0, 0.05) is 11.1 Å². The van der Waals surface area contributed by atoms with E-state index < -0.39 is 5.97 Å². The highest BCUT2D eigenvalue weighted by Gasteiger charge is 2.32.